The zero-order valence-corrected chi connectivity index (χ0v) is 17.8. The number of sulfonamides is 1. The number of aryl methyl sites for hydroxylation is 1. The van der Waals surface area contributed by atoms with Crippen molar-refractivity contribution in [2.45, 2.75) is 25.8 Å². The van der Waals surface area contributed by atoms with E-state index in [0.29, 0.717) is 10.6 Å². The summed E-state index contributed by atoms with van der Waals surface area (Å²) in [5, 5.41) is 3.92. The monoisotopic (exact) mass is 416 g/mol. The second kappa shape index (κ2) is 8.32. The lowest BCUT2D eigenvalue weighted by atomic mass is 10.1. The van der Waals surface area contributed by atoms with Crippen LogP contribution in [-0.4, -0.2) is 33.7 Å². The molecule has 2 aromatic carbocycles. The summed E-state index contributed by atoms with van der Waals surface area (Å²) in [5.74, 6) is -0.0974. The molecule has 1 aromatic heterocycles. The third-order valence-corrected chi connectivity index (χ3v) is 6.99. The van der Waals surface area contributed by atoms with E-state index in [1.807, 2.05) is 37.3 Å². The summed E-state index contributed by atoms with van der Waals surface area (Å²) in [6.45, 7) is 2.01. The molecule has 1 heterocycles. The van der Waals surface area contributed by atoms with Crippen LogP contribution in [0.5, 0.6) is 0 Å². The van der Waals surface area contributed by atoms with Gasteiger partial charge in [-0.05, 0) is 55.0 Å². The summed E-state index contributed by atoms with van der Waals surface area (Å²) in [4.78, 5) is 13.2. The van der Waals surface area contributed by atoms with E-state index in [9.17, 15) is 13.2 Å². The van der Waals surface area contributed by atoms with E-state index in [1.165, 1.54) is 34.5 Å². The van der Waals surface area contributed by atoms with Gasteiger partial charge in [-0.15, -0.1) is 11.3 Å². The Morgan fingerprint density at radius 1 is 1.14 bits per heavy atom. The maximum Gasteiger partial charge on any atom is 0.261 e. The van der Waals surface area contributed by atoms with Gasteiger partial charge in [-0.25, -0.2) is 8.42 Å². The van der Waals surface area contributed by atoms with Gasteiger partial charge in [0.2, 0.25) is 10.0 Å². The van der Waals surface area contributed by atoms with Crippen LogP contribution < -0.4 is 9.62 Å². The fraction of sp³-hybridized carbons (Fsp3) is 0.286. The van der Waals surface area contributed by atoms with Gasteiger partial charge in [0, 0.05) is 17.8 Å². The molecule has 0 radical (unpaired) electrons. The Morgan fingerprint density at radius 3 is 2.54 bits per heavy atom. The molecule has 0 aliphatic heterocycles. The minimum absolute atomic E-state index is 0.0600. The normalized spacial score (nSPS) is 12.7. The molecule has 0 spiro atoms. The highest BCUT2D eigenvalue weighted by Crippen LogP contribution is 2.30. The van der Waals surface area contributed by atoms with Gasteiger partial charge in [0.15, 0.2) is 0 Å². The van der Waals surface area contributed by atoms with Crippen molar-refractivity contribution in [1.29, 1.82) is 0 Å². The van der Waals surface area contributed by atoms with Gasteiger partial charge in [0.1, 0.15) is 0 Å². The first kappa shape index (κ1) is 20.4. The first-order valence-corrected chi connectivity index (χ1v) is 11.7. The fourth-order valence-corrected chi connectivity index (χ4v) is 4.37. The number of carbonyl (C=O) groups is 1. The zero-order chi connectivity index (χ0) is 20.3. The van der Waals surface area contributed by atoms with Gasteiger partial charge in [-0.3, -0.25) is 9.10 Å². The van der Waals surface area contributed by atoms with Crippen molar-refractivity contribution in [3.8, 4) is 0 Å². The second-order valence-electron chi connectivity index (χ2n) is 6.96. The molecule has 0 fully saturated rings. The first-order chi connectivity index (χ1) is 13.2. The predicted octanol–water partition coefficient (Wildman–Crippen LogP) is 4.05. The van der Waals surface area contributed by atoms with Crippen molar-refractivity contribution in [3.63, 3.8) is 0 Å². The number of amides is 1. The average molecular weight is 417 g/mol. The average Bonchev–Trinajstić information content (AvgIpc) is 3.09. The van der Waals surface area contributed by atoms with E-state index in [0.717, 1.165) is 22.9 Å². The van der Waals surface area contributed by atoms with E-state index in [1.54, 1.807) is 12.1 Å². The lowest BCUT2D eigenvalue weighted by Crippen LogP contribution is -2.32. The molecule has 1 N–H and O–H groups in total. The van der Waals surface area contributed by atoms with Crippen molar-refractivity contribution in [2.75, 3.05) is 17.6 Å². The SMILES string of the molecule is CC(CCc1ccccc1)NC(=O)c1cc2cc(N(C)S(C)(=O)=O)ccc2s1. The summed E-state index contributed by atoms with van der Waals surface area (Å²) in [5.41, 5.74) is 1.84. The third-order valence-electron chi connectivity index (χ3n) is 4.67. The molecular formula is C21H24N2O3S2. The number of nitrogens with zero attached hydrogens (tertiary/aromatic N) is 1. The molecule has 0 aliphatic carbocycles. The molecule has 28 heavy (non-hydrogen) atoms. The summed E-state index contributed by atoms with van der Waals surface area (Å²) in [6.07, 6.45) is 2.94. The fourth-order valence-electron chi connectivity index (χ4n) is 2.92. The number of benzene rings is 2. The largest absolute Gasteiger partial charge is 0.349 e. The van der Waals surface area contributed by atoms with Crippen molar-refractivity contribution < 1.29 is 13.2 Å². The first-order valence-electron chi connectivity index (χ1n) is 9.06. The zero-order valence-electron chi connectivity index (χ0n) is 16.2. The van der Waals surface area contributed by atoms with E-state index < -0.39 is 10.0 Å². The number of hydrogen-bond acceptors (Lipinski definition) is 4. The van der Waals surface area contributed by atoms with Crippen LogP contribution in [0, 0.1) is 0 Å². The second-order valence-corrected chi connectivity index (χ2v) is 10.1. The number of nitrogens with one attached hydrogen (secondary N) is 1. The van der Waals surface area contributed by atoms with Crippen molar-refractivity contribution in [3.05, 3.63) is 65.0 Å². The molecule has 0 bridgehead atoms. The number of fused-ring (bicyclic) bond motifs is 1. The smallest absolute Gasteiger partial charge is 0.261 e. The number of thiophene rings is 1. The summed E-state index contributed by atoms with van der Waals surface area (Å²) >= 11 is 1.41. The van der Waals surface area contributed by atoms with Crippen molar-refractivity contribution >= 4 is 43.0 Å². The molecule has 3 rings (SSSR count). The molecule has 1 atom stereocenters. The lowest BCUT2D eigenvalue weighted by molar-refractivity contribution is 0.0942. The Kier molecular flexibility index (Phi) is 6.05. The molecule has 0 saturated carbocycles. The molecular weight excluding hydrogens is 392 g/mol. The quantitative estimate of drug-likeness (QED) is 0.632. The van der Waals surface area contributed by atoms with E-state index >= 15 is 0 Å². The summed E-state index contributed by atoms with van der Waals surface area (Å²) in [7, 11) is -1.80. The molecule has 0 saturated heterocycles. The maximum absolute atomic E-state index is 12.6. The number of anilines is 1. The van der Waals surface area contributed by atoms with Gasteiger partial charge < -0.3 is 5.32 Å². The molecule has 3 aromatic rings. The highest BCUT2D eigenvalue weighted by atomic mass is 32.2. The Balaban J connectivity index is 1.68. The van der Waals surface area contributed by atoms with Gasteiger partial charge in [0.05, 0.1) is 16.8 Å². The summed E-state index contributed by atoms with van der Waals surface area (Å²) < 4.78 is 25.6. The van der Waals surface area contributed by atoms with Crippen molar-refractivity contribution in [2.24, 2.45) is 0 Å². The van der Waals surface area contributed by atoms with E-state index in [-0.39, 0.29) is 11.9 Å². The standard InChI is InChI=1S/C21H24N2O3S2/c1-15(9-10-16-7-5-4-6-8-16)22-21(24)20-14-17-13-18(11-12-19(17)27-20)23(2)28(3,25)26/h4-8,11-15H,9-10H2,1-3H3,(H,22,24). The van der Waals surface area contributed by atoms with Gasteiger partial charge in [-0.2, -0.15) is 0 Å². The molecule has 148 valence electrons. The minimum Gasteiger partial charge on any atom is -0.349 e. The highest BCUT2D eigenvalue weighted by molar-refractivity contribution is 7.92. The number of carbonyl (C=O) groups excluding carboxylic acids is 1. The van der Waals surface area contributed by atoms with Crippen LogP contribution in [0.1, 0.15) is 28.6 Å². The van der Waals surface area contributed by atoms with Crippen LogP contribution in [0.25, 0.3) is 10.1 Å². The maximum atomic E-state index is 12.6. The topological polar surface area (TPSA) is 66.5 Å². The van der Waals surface area contributed by atoms with Gasteiger partial charge >= 0.3 is 0 Å². The summed E-state index contributed by atoms with van der Waals surface area (Å²) in [6, 6.07) is 17.5. The van der Waals surface area contributed by atoms with Crippen LogP contribution in [0.15, 0.2) is 54.6 Å². The Hall–Kier alpha value is -2.38. The van der Waals surface area contributed by atoms with Crippen LogP contribution in [0.4, 0.5) is 5.69 Å². The predicted molar refractivity (Wildman–Crippen MR) is 117 cm³/mol. The van der Waals surface area contributed by atoms with Crippen LogP contribution in [0.3, 0.4) is 0 Å². The van der Waals surface area contributed by atoms with E-state index in [2.05, 4.69) is 17.4 Å². The Labute approximate surface area is 170 Å². The molecule has 5 nitrogen and oxygen atoms in total. The van der Waals surface area contributed by atoms with Gasteiger partial charge in [0.25, 0.3) is 5.91 Å². The number of rotatable bonds is 7. The lowest BCUT2D eigenvalue weighted by Gasteiger charge is -2.16. The van der Waals surface area contributed by atoms with Gasteiger partial charge in [-0.1, -0.05) is 30.3 Å². The molecule has 1 unspecified atom stereocenters. The molecule has 0 aliphatic rings. The molecule has 7 heteroatoms. The number of hydrogen-bond donors (Lipinski definition) is 1. The van der Waals surface area contributed by atoms with Crippen LogP contribution in [-0.2, 0) is 16.4 Å². The van der Waals surface area contributed by atoms with Crippen LogP contribution >= 0.6 is 11.3 Å². The van der Waals surface area contributed by atoms with Crippen LogP contribution in [0.2, 0.25) is 0 Å². The minimum atomic E-state index is -3.32. The third kappa shape index (κ3) is 4.91. The Morgan fingerprint density at radius 2 is 1.86 bits per heavy atom. The molecule has 1 amide bonds. The highest BCUT2D eigenvalue weighted by Gasteiger charge is 2.16. The van der Waals surface area contributed by atoms with Crippen molar-refractivity contribution in [1.82, 2.24) is 5.32 Å². The Bertz CT molecular complexity index is 1080. The van der Waals surface area contributed by atoms with E-state index in [4.69, 9.17) is 0 Å².